The third-order valence-electron chi connectivity index (χ3n) is 11.1. The third-order valence-corrected chi connectivity index (χ3v) is 13.2. The van der Waals surface area contributed by atoms with Crippen molar-refractivity contribution in [3.63, 3.8) is 0 Å². The first-order chi connectivity index (χ1) is 27.4. The van der Waals surface area contributed by atoms with E-state index < -0.39 is 8.07 Å². The van der Waals surface area contributed by atoms with Gasteiger partial charge in [-0.2, -0.15) is 0 Å². The van der Waals surface area contributed by atoms with Gasteiger partial charge in [0.05, 0.1) is 30.5 Å². The van der Waals surface area contributed by atoms with Crippen LogP contribution < -0.4 is 5.19 Å². The molecule has 0 amide bonds. The summed E-state index contributed by atoms with van der Waals surface area (Å²) in [5.41, 5.74) is 11.7. The van der Waals surface area contributed by atoms with Gasteiger partial charge in [-0.05, 0) is 64.7 Å². The molecule has 4 nitrogen and oxygen atoms in total. The standard InChI is InChI=1S/C31H19N2O.C20H26NSi.Ir/c1-2-9-21(10-3-1)22-17-19-23(20-18-22)33-28-15-6-5-14-27(28)32-31(33)26-13-8-12-25-24-11-4-7-16-29(24)34-30(25)26;1-22(2,3)20-15-21-19(17-11-5-4-6-12-17)14-18(20)13-16-9-7-8-10-16;/h1-12,14-20H;4-6,11,14-16H,7-10,13H2,1-3H3;/q2*-1;. The Morgan fingerprint density at radius 2 is 1.44 bits per heavy atom. The molecule has 6 aromatic carbocycles. The van der Waals surface area contributed by atoms with Gasteiger partial charge >= 0.3 is 0 Å². The normalized spacial score (nSPS) is 13.1. The minimum atomic E-state index is -1.35. The SMILES string of the molecule is C[Si](C)(C)c1cnc(-c2[c-]cccc2)cc1CC1CCCC1.[Ir].[c-]1ccc2c(oc3ccccc32)c1-c1nc2ccccc2n1-c1ccc(-c2ccccc2)cc1. The van der Waals surface area contributed by atoms with Crippen LogP contribution in [0.25, 0.3) is 72.4 Å². The van der Waals surface area contributed by atoms with E-state index in [1.165, 1.54) is 43.2 Å². The van der Waals surface area contributed by atoms with Gasteiger partial charge in [0, 0.05) is 37.4 Å². The molecule has 1 saturated carbocycles. The van der Waals surface area contributed by atoms with Crippen LogP contribution in [0.1, 0.15) is 31.2 Å². The van der Waals surface area contributed by atoms with E-state index in [4.69, 9.17) is 14.4 Å². The van der Waals surface area contributed by atoms with Gasteiger partial charge < -0.3 is 14.0 Å². The number of rotatable bonds is 7. The zero-order chi connectivity index (χ0) is 38.1. The second kappa shape index (κ2) is 16.6. The van der Waals surface area contributed by atoms with Crippen molar-refractivity contribution >= 4 is 46.2 Å². The van der Waals surface area contributed by atoms with Crippen molar-refractivity contribution in [3.05, 3.63) is 169 Å². The average Bonchev–Trinajstić information content (AvgIpc) is 3.99. The van der Waals surface area contributed by atoms with E-state index in [0.29, 0.717) is 0 Å². The molecule has 57 heavy (non-hydrogen) atoms. The minimum absolute atomic E-state index is 0. The van der Waals surface area contributed by atoms with Gasteiger partial charge in [0.15, 0.2) is 0 Å². The number of furan rings is 1. The van der Waals surface area contributed by atoms with Crippen molar-refractivity contribution in [2.24, 2.45) is 5.92 Å². The molecule has 10 rings (SSSR count). The maximum absolute atomic E-state index is 6.32. The van der Waals surface area contributed by atoms with Crippen LogP contribution >= 0.6 is 0 Å². The number of para-hydroxylation sites is 3. The number of imidazole rings is 1. The summed E-state index contributed by atoms with van der Waals surface area (Å²) in [6, 6.07) is 56.7. The number of pyridine rings is 1. The van der Waals surface area contributed by atoms with Gasteiger partial charge in [-0.3, -0.25) is 4.98 Å². The Kier molecular flexibility index (Phi) is 11.2. The summed E-state index contributed by atoms with van der Waals surface area (Å²) < 4.78 is 8.51. The monoisotopic (exact) mass is 936 g/mol. The second-order valence-electron chi connectivity index (χ2n) is 16.0. The van der Waals surface area contributed by atoms with Crippen molar-refractivity contribution in [2.45, 2.75) is 51.7 Å². The number of hydrogen-bond acceptors (Lipinski definition) is 3. The zero-order valence-electron chi connectivity index (χ0n) is 32.6. The van der Waals surface area contributed by atoms with Crippen molar-refractivity contribution in [2.75, 3.05) is 0 Å². The van der Waals surface area contributed by atoms with Crippen LogP contribution in [-0.2, 0) is 26.5 Å². The van der Waals surface area contributed by atoms with Crippen molar-refractivity contribution in [1.82, 2.24) is 14.5 Å². The van der Waals surface area contributed by atoms with Crippen molar-refractivity contribution in [1.29, 1.82) is 0 Å². The summed E-state index contributed by atoms with van der Waals surface area (Å²) in [7, 11) is -1.35. The van der Waals surface area contributed by atoms with Crippen LogP contribution in [0.15, 0.2) is 156 Å². The number of fused-ring (bicyclic) bond motifs is 4. The molecule has 0 aliphatic heterocycles. The Morgan fingerprint density at radius 3 is 2.21 bits per heavy atom. The molecule has 1 aliphatic carbocycles. The smallest absolute Gasteiger partial charge is 0.120 e. The van der Waals surface area contributed by atoms with Gasteiger partial charge in [-0.15, -0.1) is 54.1 Å². The maximum atomic E-state index is 6.32. The van der Waals surface area contributed by atoms with E-state index in [0.717, 1.165) is 67.2 Å². The first-order valence-electron chi connectivity index (χ1n) is 19.8. The Labute approximate surface area is 350 Å². The summed E-state index contributed by atoms with van der Waals surface area (Å²) in [4.78, 5) is 9.79. The first kappa shape index (κ1) is 38.5. The summed E-state index contributed by atoms with van der Waals surface area (Å²) in [6.07, 6.45) is 9.03. The molecular weight excluding hydrogens is 891 g/mol. The van der Waals surface area contributed by atoms with Crippen molar-refractivity contribution < 1.29 is 24.5 Å². The quantitative estimate of drug-likeness (QED) is 0.118. The second-order valence-corrected chi connectivity index (χ2v) is 21.0. The fraction of sp³-hybridized carbons (Fsp3) is 0.176. The van der Waals surface area contributed by atoms with E-state index >= 15 is 0 Å². The van der Waals surface area contributed by atoms with Gasteiger partial charge in [0.25, 0.3) is 0 Å². The fourth-order valence-corrected chi connectivity index (χ4v) is 9.90. The molecule has 0 atom stereocenters. The molecule has 1 radical (unpaired) electrons. The number of nitrogens with zero attached hydrogens (tertiary/aromatic N) is 3. The fourth-order valence-electron chi connectivity index (χ4n) is 8.31. The number of benzene rings is 6. The van der Waals surface area contributed by atoms with E-state index in [1.807, 2.05) is 60.7 Å². The molecule has 0 spiro atoms. The Bertz CT molecular complexity index is 2760. The summed E-state index contributed by atoms with van der Waals surface area (Å²) >= 11 is 0. The number of hydrogen-bond donors (Lipinski definition) is 0. The molecule has 3 aromatic heterocycles. The molecule has 6 heteroatoms. The molecule has 285 valence electrons. The third kappa shape index (κ3) is 7.95. The van der Waals surface area contributed by atoms with E-state index in [-0.39, 0.29) is 20.1 Å². The topological polar surface area (TPSA) is 43.9 Å². The predicted octanol–water partition coefficient (Wildman–Crippen LogP) is 12.9. The molecule has 0 unspecified atom stereocenters. The van der Waals surface area contributed by atoms with Gasteiger partial charge in [-0.1, -0.05) is 141 Å². The molecule has 3 heterocycles. The summed E-state index contributed by atoms with van der Waals surface area (Å²) in [6.45, 7) is 7.28. The summed E-state index contributed by atoms with van der Waals surface area (Å²) in [5, 5.41) is 3.71. The molecule has 1 aliphatic rings. The Morgan fingerprint density at radius 1 is 0.719 bits per heavy atom. The molecule has 0 N–H and O–H groups in total. The van der Waals surface area contributed by atoms with Crippen LogP contribution in [0.5, 0.6) is 0 Å². The van der Waals surface area contributed by atoms with Gasteiger partial charge in [-0.25, -0.2) is 0 Å². The van der Waals surface area contributed by atoms with Gasteiger partial charge in [0.2, 0.25) is 0 Å². The predicted molar refractivity (Wildman–Crippen MR) is 235 cm³/mol. The molecule has 9 aromatic rings. The van der Waals surface area contributed by atoms with Crippen LogP contribution in [0, 0.1) is 18.1 Å². The van der Waals surface area contributed by atoms with Crippen LogP contribution in [-0.4, -0.2) is 22.6 Å². The summed E-state index contributed by atoms with van der Waals surface area (Å²) in [5.74, 6) is 1.70. The molecular formula is C51H45IrN3OSi-2. The van der Waals surface area contributed by atoms with Crippen LogP contribution in [0.4, 0.5) is 0 Å². The largest absolute Gasteiger partial charge is 0.501 e. The Hall–Kier alpha value is -5.39. The van der Waals surface area contributed by atoms with E-state index in [1.54, 1.807) is 10.8 Å². The molecule has 1 fully saturated rings. The zero-order valence-corrected chi connectivity index (χ0v) is 36.0. The maximum Gasteiger partial charge on any atom is 0.120 e. The average molecular weight is 936 g/mol. The van der Waals surface area contributed by atoms with Gasteiger partial charge in [0.1, 0.15) is 5.58 Å². The van der Waals surface area contributed by atoms with E-state index in [9.17, 15) is 0 Å². The van der Waals surface area contributed by atoms with Crippen LogP contribution in [0.2, 0.25) is 19.6 Å². The Balaban J connectivity index is 0.000000172. The van der Waals surface area contributed by atoms with Crippen molar-refractivity contribution in [3.8, 4) is 39.5 Å². The minimum Gasteiger partial charge on any atom is -0.501 e. The van der Waals surface area contributed by atoms with Crippen LogP contribution in [0.3, 0.4) is 0 Å². The molecule has 0 bridgehead atoms. The number of aromatic nitrogens is 3. The molecule has 0 saturated heterocycles. The first-order valence-corrected chi connectivity index (χ1v) is 23.3. The van der Waals surface area contributed by atoms with E-state index in [2.05, 4.69) is 127 Å².